The van der Waals surface area contributed by atoms with Crippen LogP contribution in [0.2, 0.25) is 0 Å². The van der Waals surface area contributed by atoms with E-state index in [1.807, 2.05) is 12.1 Å². The minimum Gasteiger partial charge on any atom is -0.293 e. The minimum absolute atomic E-state index is 0.146. The summed E-state index contributed by atoms with van der Waals surface area (Å²) in [5.41, 5.74) is 2.25. The monoisotopic (exact) mass is 264 g/mol. The summed E-state index contributed by atoms with van der Waals surface area (Å²) in [7, 11) is 0. The van der Waals surface area contributed by atoms with Gasteiger partial charge in [0.05, 0.1) is 5.75 Å². The van der Waals surface area contributed by atoms with Crippen molar-refractivity contribution in [2.45, 2.75) is 51.7 Å². The van der Waals surface area contributed by atoms with Crippen LogP contribution in [-0.2, 0) is 5.41 Å². The van der Waals surface area contributed by atoms with Crippen LogP contribution < -0.4 is 0 Å². The number of Topliss-reactive ketones (excluding diaryl/α,β-unsaturated/α-hetero) is 1. The highest BCUT2D eigenvalue weighted by atomic mass is 32.2. The summed E-state index contributed by atoms with van der Waals surface area (Å²) in [5, 5.41) is 0.558. The molecule has 100 valence electrons. The number of rotatable bonds is 5. The molecule has 1 nitrogen and oxygen atoms in total. The van der Waals surface area contributed by atoms with Gasteiger partial charge >= 0.3 is 0 Å². The molecule has 1 aromatic carbocycles. The van der Waals surface area contributed by atoms with E-state index in [0.29, 0.717) is 11.0 Å². The molecule has 0 fully saturated rings. The summed E-state index contributed by atoms with van der Waals surface area (Å²) in [6, 6.07) is 8.06. The van der Waals surface area contributed by atoms with Crippen molar-refractivity contribution in [1.82, 2.24) is 0 Å². The highest BCUT2D eigenvalue weighted by Gasteiger charge is 2.14. The molecule has 1 atom stereocenters. The van der Waals surface area contributed by atoms with Crippen molar-refractivity contribution in [3.8, 4) is 0 Å². The van der Waals surface area contributed by atoms with Gasteiger partial charge in [0.15, 0.2) is 5.78 Å². The molecule has 1 aromatic rings. The Balaban J connectivity index is 2.65. The lowest BCUT2D eigenvalue weighted by Gasteiger charge is -2.19. The van der Waals surface area contributed by atoms with E-state index in [-0.39, 0.29) is 11.2 Å². The van der Waals surface area contributed by atoms with Crippen LogP contribution in [-0.4, -0.2) is 16.8 Å². The van der Waals surface area contributed by atoms with Crippen LogP contribution in [0.1, 0.15) is 57.0 Å². The summed E-state index contributed by atoms with van der Waals surface area (Å²) >= 11 is 1.74. The van der Waals surface area contributed by atoms with Crippen LogP contribution in [0.3, 0.4) is 0 Å². The standard InChI is InChI=1S/C16H24OS/c1-6-12(2)18-11-15(17)13-7-9-14(10-8-13)16(3,4)5/h7-10,12H,6,11H2,1-5H3/t12-/m0/s1. The number of ketones is 1. The molecular formula is C16H24OS. The molecule has 2 heteroatoms. The van der Waals surface area contributed by atoms with Gasteiger partial charge in [0.2, 0.25) is 0 Å². The fourth-order valence-electron chi connectivity index (χ4n) is 1.58. The molecule has 0 aliphatic heterocycles. The number of benzene rings is 1. The molecule has 0 aromatic heterocycles. The van der Waals surface area contributed by atoms with Crippen LogP contribution >= 0.6 is 11.8 Å². The van der Waals surface area contributed by atoms with E-state index in [0.717, 1.165) is 12.0 Å². The largest absolute Gasteiger partial charge is 0.293 e. The second-order valence-electron chi connectivity index (χ2n) is 5.78. The Morgan fingerprint density at radius 2 is 1.78 bits per heavy atom. The highest BCUT2D eigenvalue weighted by Crippen LogP contribution is 2.23. The first-order valence-electron chi connectivity index (χ1n) is 6.60. The smallest absolute Gasteiger partial charge is 0.172 e. The lowest BCUT2D eigenvalue weighted by molar-refractivity contribution is 0.102. The molecule has 0 unspecified atom stereocenters. The number of hydrogen-bond acceptors (Lipinski definition) is 2. The maximum absolute atomic E-state index is 12.0. The van der Waals surface area contributed by atoms with Gasteiger partial charge in [-0.3, -0.25) is 4.79 Å². The Kier molecular flexibility index (Phi) is 5.46. The van der Waals surface area contributed by atoms with Gasteiger partial charge in [0, 0.05) is 10.8 Å². The molecule has 0 heterocycles. The average molecular weight is 264 g/mol. The Labute approximate surface area is 115 Å². The van der Waals surface area contributed by atoms with E-state index in [1.165, 1.54) is 5.56 Å². The molecule has 0 spiro atoms. The van der Waals surface area contributed by atoms with Gasteiger partial charge in [-0.25, -0.2) is 0 Å². The van der Waals surface area contributed by atoms with E-state index >= 15 is 0 Å². The first-order chi connectivity index (χ1) is 8.34. The summed E-state index contributed by atoms with van der Waals surface area (Å²) in [4.78, 5) is 12.0. The van der Waals surface area contributed by atoms with Crippen molar-refractivity contribution in [3.63, 3.8) is 0 Å². The van der Waals surface area contributed by atoms with E-state index in [4.69, 9.17) is 0 Å². The first kappa shape index (κ1) is 15.3. The van der Waals surface area contributed by atoms with Crippen LogP contribution in [0.4, 0.5) is 0 Å². The van der Waals surface area contributed by atoms with Crippen molar-refractivity contribution >= 4 is 17.5 Å². The van der Waals surface area contributed by atoms with Crippen LogP contribution in [0.15, 0.2) is 24.3 Å². The maximum Gasteiger partial charge on any atom is 0.172 e. The quantitative estimate of drug-likeness (QED) is 0.717. The summed E-state index contributed by atoms with van der Waals surface area (Å²) in [5.74, 6) is 0.824. The third-order valence-electron chi connectivity index (χ3n) is 3.15. The topological polar surface area (TPSA) is 17.1 Å². The van der Waals surface area contributed by atoms with Crippen molar-refractivity contribution in [1.29, 1.82) is 0 Å². The fraction of sp³-hybridized carbons (Fsp3) is 0.562. The zero-order valence-corrected chi connectivity index (χ0v) is 12.9. The van der Waals surface area contributed by atoms with Gasteiger partial charge in [0.1, 0.15) is 0 Å². The molecule has 0 aliphatic rings. The molecule has 1 rings (SSSR count). The number of thioether (sulfide) groups is 1. The number of hydrogen-bond donors (Lipinski definition) is 0. The first-order valence-corrected chi connectivity index (χ1v) is 7.64. The summed E-state index contributed by atoms with van der Waals surface area (Å²) < 4.78 is 0. The van der Waals surface area contributed by atoms with Gasteiger partial charge in [0.25, 0.3) is 0 Å². The predicted octanol–water partition coefficient (Wildman–Crippen LogP) is 4.70. The fourth-order valence-corrected chi connectivity index (χ4v) is 2.41. The van der Waals surface area contributed by atoms with Crippen molar-refractivity contribution in [2.24, 2.45) is 0 Å². The molecule has 0 bridgehead atoms. The van der Waals surface area contributed by atoms with E-state index in [9.17, 15) is 4.79 Å². The van der Waals surface area contributed by atoms with Crippen LogP contribution in [0.25, 0.3) is 0 Å². The highest BCUT2D eigenvalue weighted by molar-refractivity contribution is 8.00. The Morgan fingerprint density at radius 3 is 2.22 bits per heavy atom. The predicted molar refractivity (Wildman–Crippen MR) is 81.7 cm³/mol. The third kappa shape index (κ3) is 4.49. The lowest BCUT2D eigenvalue weighted by Crippen LogP contribution is -2.12. The molecule has 0 aliphatic carbocycles. The minimum atomic E-state index is 0.146. The normalized spacial score (nSPS) is 13.4. The van der Waals surface area contributed by atoms with Gasteiger partial charge in [-0.2, -0.15) is 11.8 Å². The average Bonchev–Trinajstić information content (AvgIpc) is 2.34. The summed E-state index contributed by atoms with van der Waals surface area (Å²) in [6.45, 7) is 10.9. The second-order valence-corrected chi connectivity index (χ2v) is 7.21. The van der Waals surface area contributed by atoms with Crippen LogP contribution in [0.5, 0.6) is 0 Å². The van der Waals surface area contributed by atoms with Crippen molar-refractivity contribution < 1.29 is 4.79 Å². The van der Waals surface area contributed by atoms with Gasteiger partial charge in [-0.05, 0) is 17.4 Å². The van der Waals surface area contributed by atoms with E-state index in [1.54, 1.807) is 11.8 Å². The molecule has 0 radical (unpaired) electrons. The molecule has 18 heavy (non-hydrogen) atoms. The molecule has 0 N–H and O–H groups in total. The second kappa shape index (κ2) is 6.42. The summed E-state index contributed by atoms with van der Waals surface area (Å²) in [6.07, 6.45) is 1.11. The number of carbonyl (C=O) groups excluding carboxylic acids is 1. The zero-order chi connectivity index (χ0) is 13.8. The van der Waals surface area contributed by atoms with Crippen molar-refractivity contribution in [3.05, 3.63) is 35.4 Å². The van der Waals surface area contributed by atoms with Gasteiger partial charge in [-0.1, -0.05) is 58.9 Å². The number of carbonyl (C=O) groups is 1. The lowest BCUT2D eigenvalue weighted by atomic mass is 9.86. The maximum atomic E-state index is 12.0. The Bertz CT molecular complexity index is 387. The molecule has 0 amide bonds. The third-order valence-corrected chi connectivity index (χ3v) is 4.48. The van der Waals surface area contributed by atoms with Crippen molar-refractivity contribution in [2.75, 3.05) is 5.75 Å². The SMILES string of the molecule is CC[C@H](C)SCC(=O)c1ccc(C(C)(C)C)cc1. The van der Waals surface area contributed by atoms with Gasteiger partial charge < -0.3 is 0 Å². The van der Waals surface area contributed by atoms with Crippen LogP contribution in [0, 0.1) is 0 Å². The van der Waals surface area contributed by atoms with Gasteiger partial charge in [-0.15, -0.1) is 0 Å². The zero-order valence-electron chi connectivity index (χ0n) is 12.1. The Morgan fingerprint density at radius 1 is 1.22 bits per heavy atom. The molecule has 0 saturated carbocycles. The van der Waals surface area contributed by atoms with E-state index in [2.05, 4.69) is 46.8 Å². The molecular weight excluding hydrogens is 240 g/mol. The molecule has 0 saturated heterocycles. The van der Waals surface area contributed by atoms with E-state index < -0.39 is 0 Å². The Hall–Kier alpha value is -0.760.